The van der Waals surface area contributed by atoms with Gasteiger partial charge < -0.3 is 11.8 Å². The van der Waals surface area contributed by atoms with Crippen molar-refractivity contribution in [3.8, 4) is 33.4 Å². The van der Waals surface area contributed by atoms with Gasteiger partial charge in [-0.25, -0.2) is 4.79 Å². The minimum Gasteiger partial charge on any atom is -1.00 e. The van der Waals surface area contributed by atoms with Crippen molar-refractivity contribution in [1.29, 1.82) is 0 Å². The molecule has 0 heterocycles. The van der Waals surface area contributed by atoms with E-state index in [0.717, 1.165) is 38.9 Å². The van der Waals surface area contributed by atoms with E-state index in [1.165, 1.54) is 0 Å². The molecule has 1 unspecified atom stereocenters. The summed E-state index contributed by atoms with van der Waals surface area (Å²) in [6.07, 6.45) is 2.29. The molecule has 0 fully saturated rings. The molecular formula is C31H30LiNO3S. The Labute approximate surface area is 236 Å². The predicted octanol–water partition coefficient (Wildman–Crippen LogP) is 4.05. The van der Waals surface area contributed by atoms with E-state index < -0.39 is 12.0 Å². The number of aliphatic carboxylic acids is 1. The Morgan fingerprint density at radius 3 is 2.11 bits per heavy atom. The number of carbonyl (C=O) groups excluding carboxylic acids is 1. The molecular weight excluding hydrogens is 473 g/mol. The van der Waals surface area contributed by atoms with Crippen molar-refractivity contribution in [3.05, 3.63) is 108 Å². The van der Waals surface area contributed by atoms with Crippen molar-refractivity contribution < 1.29 is 35.0 Å². The molecule has 4 nitrogen and oxygen atoms in total. The fourth-order valence-corrected chi connectivity index (χ4v) is 4.73. The van der Waals surface area contributed by atoms with Crippen LogP contribution in [0, 0.1) is 6.92 Å². The Balaban J connectivity index is 0.00000253. The third kappa shape index (κ3) is 6.96. The van der Waals surface area contributed by atoms with E-state index in [0.29, 0.717) is 17.7 Å². The Morgan fingerprint density at radius 1 is 0.811 bits per heavy atom. The van der Waals surface area contributed by atoms with Crippen molar-refractivity contribution in [2.45, 2.75) is 19.4 Å². The molecule has 0 bridgehead atoms. The minimum absolute atomic E-state index is 0. The molecule has 4 aromatic carbocycles. The van der Waals surface area contributed by atoms with Gasteiger partial charge in [-0.3, -0.25) is 4.79 Å². The molecule has 0 saturated heterocycles. The third-order valence-corrected chi connectivity index (χ3v) is 6.86. The summed E-state index contributed by atoms with van der Waals surface area (Å²) in [5.41, 5.74) is 7.51. The van der Waals surface area contributed by atoms with Gasteiger partial charge in [0.05, 0.1) is 0 Å². The maximum atomic E-state index is 13.3. The van der Waals surface area contributed by atoms with Crippen LogP contribution < -0.4 is 24.2 Å². The smallest absolute Gasteiger partial charge is 1.00 e. The topological polar surface area (TPSA) is 66.4 Å². The van der Waals surface area contributed by atoms with Gasteiger partial charge in [0.25, 0.3) is 5.91 Å². The zero-order chi connectivity index (χ0) is 25.5. The van der Waals surface area contributed by atoms with Crippen LogP contribution in [0.5, 0.6) is 0 Å². The van der Waals surface area contributed by atoms with Crippen LogP contribution in [0.4, 0.5) is 0 Å². The van der Waals surface area contributed by atoms with Gasteiger partial charge in [-0.2, -0.15) is 11.8 Å². The number of rotatable bonds is 9. The molecule has 37 heavy (non-hydrogen) atoms. The molecule has 184 valence electrons. The van der Waals surface area contributed by atoms with Crippen LogP contribution in [0.3, 0.4) is 0 Å². The molecule has 4 rings (SSSR count). The average molecular weight is 504 g/mol. The number of thioether (sulfide) groups is 1. The van der Waals surface area contributed by atoms with Crippen LogP contribution in [0.2, 0.25) is 0 Å². The first-order chi connectivity index (χ1) is 17.5. The van der Waals surface area contributed by atoms with Crippen LogP contribution in [0.25, 0.3) is 33.4 Å². The zero-order valence-electron chi connectivity index (χ0n) is 22.4. The SMILES string of the molecule is CSCCC(NC(=O)c1ccc(-c2cccc(-c3ccccc3)c2)cc1-c1ccccc1C)C(=O)O.[H-].[Li+]. The summed E-state index contributed by atoms with van der Waals surface area (Å²) in [7, 11) is 0. The fourth-order valence-electron chi connectivity index (χ4n) is 4.26. The summed E-state index contributed by atoms with van der Waals surface area (Å²) in [6, 6.07) is 31.3. The quantitative estimate of drug-likeness (QED) is 0.338. The van der Waals surface area contributed by atoms with E-state index >= 15 is 0 Å². The number of benzene rings is 4. The summed E-state index contributed by atoms with van der Waals surface area (Å²) in [5.74, 6) is -0.756. The summed E-state index contributed by atoms with van der Waals surface area (Å²) < 4.78 is 0. The molecule has 2 N–H and O–H groups in total. The zero-order valence-corrected chi connectivity index (χ0v) is 22.2. The second-order valence-corrected chi connectivity index (χ2v) is 9.65. The van der Waals surface area contributed by atoms with Crippen molar-refractivity contribution >= 4 is 23.6 Å². The van der Waals surface area contributed by atoms with E-state index in [2.05, 4.69) is 35.6 Å². The fraction of sp³-hybridized carbons (Fsp3) is 0.161. The van der Waals surface area contributed by atoms with Crippen LogP contribution in [0.15, 0.2) is 97.1 Å². The van der Waals surface area contributed by atoms with E-state index in [1.807, 2.05) is 73.8 Å². The largest absolute Gasteiger partial charge is 1.00 e. The first kappa shape index (κ1) is 28.3. The monoisotopic (exact) mass is 503 g/mol. The molecule has 1 amide bonds. The average Bonchev–Trinajstić information content (AvgIpc) is 2.91. The standard InChI is InChI=1S/C31H29NO3S.Li.H/c1-21-9-6-7-14-26(21)28-20-25(24-13-8-12-23(19-24)22-10-4-3-5-11-22)15-16-27(28)30(33)32-29(31(34)35)17-18-36-2;;/h3-16,19-20,29H,17-18H2,1-2H3,(H,32,33)(H,34,35);;/q;+1;-1. The molecule has 0 radical (unpaired) electrons. The molecule has 0 aliphatic carbocycles. The van der Waals surface area contributed by atoms with Gasteiger partial charge in [-0.1, -0.05) is 78.9 Å². The maximum Gasteiger partial charge on any atom is 1.00 e. The number of carboxylic acids is 1. The Morgan fingerprint density at radius 2 is 1.43 bits per heavy atom. The molecule has 0 saturated carbocycles. The number of amides is 1. The summed E-state index contributed by atoms with van der Waals surface area (Å²) in [6.45, 7) is 2.01. The molecule has 0 aliphatic heterocycles. The Kier molecular flexibility index (Phi) is 10.2. The summed E-state index contributed by atoms with van der Waals surface area (Å²) >= 11 is 1.56. The number of nitrogens with one attached hydrogen (secondary N) is 1. The third-order valence-electron chi connectivity index (χ3n) is 6.22. The maximum absolute atomic E-state index is 13.3. The molecule has 0 aliphatic rings. The van der Waals surface area contributed by atoms with Crippen molar-refractivity contribution in [3.63, 3.8) is 0 Å². The van der Waals surface area contributed by atoms with E-state index in [9.17, 15) is 14.7 Å². The van der Waals surface area contributed by atoms with Crippen molar-refractivity contribution in [2.24, 2.45) is 0 Å². The van der Waals surface area contributed by atoms with Crippen LogP contribution in [0.1, 0.15) is 23.8 Å². The predicted molar refractivity (Wildman–Crippen MR) is 150 cm³/mol. The Bertz CT molecular complexity index is 1380. The minimum atomic E-state index is -1.02. The van der Waals surface area contributed by atoms with E-state index in [-0.39, 0.29) is 26.2 Å². The van der Waals surface area contributed by atoms with Crippen LogP contribution >= 0.6 is 11.8 Å². The van der Waals surface area contributed by atoms with Gasteiger partial charge in [0, 0.05) is 5.56 Å². The van der Waals surface area contributed by atoms with Gasteiger partial charge in [0.1, 0.15) is 6.04 Å². The molecule has 4 aromatic rings. The molecule has 1 atom stereocenters. The number of hydrogen-bond acceptors (Lipinski definition) is 3. The molecule has 0 spiro atoms. The van der Waals surface area contributed by atoms with Gasteiger partial charge in [0.2, 0.25) is 0 Å². The van der Waals surface area contributed by atoms with Crippen molar-refractivity contribution in [1.82, 2.24) is 5.32 Å². The normalized spacial score (nSPS) is 11.3. The molecule has 6 heteroatoms. The summed E-state index contributed by atoms with van der Waals surface area (Å²) in [5, 5.41) is 12.4. The van der Waals surface area contributed by atoms with E-state index in [4.69, 9.17) is 0 Å². The van der Waals surface area contributed by atoms with Gasteiger partial charge in [0.15, 0.2) is 0 Å². The van der Waals surface area contributed by atoms with E-state index in [1.54, 1.807) is 17.8 Å². The number of carboxylic acid groups (broad SMARTS) is 1. The van der Waals surface area contributed by atoms with Crippen molar-refractivity contribution in [2.75, 3.05) is 12.0 Å². The second-order valence-electron chi connectivity index (χ2n) is 8.67. The second kappa shape index (κ2) is 13.4. The van der Waals surface area contributed by atoms with Gasteiger partial charge in [-0.05, 0) is 82.5 Å². The first-order valence-corrected chi connectivity index (χ1v) is 13.3. The first-order valence-electron chi connectivity index (χ1n) is 11.9. The van der Waals surface area contributed by atoms with Crippen LogP contribution in [-0.2, 0) is 4.79 Å². The Hall–Kier alpha value is -3.23. The number of aryl methyl sites for hydroxylation is 1. The summed E-state index contributed by atoms with van der Waals surface area (Å²) in [4.78, 5) is 25.1. The molecule has 0 aromatic heterocycles. The number of hydrogen-bond donors (Lipinski definition) is 2. The van der Waals surface area contributed by atoms with Gasteiger partial charge >= 0.3 is 24.8 Å². The van der Waals surface area contributed by atoms with Gasteiger partial charge in [-0.15, -0.1) is 0 Å². The number of carbonyl (C=O) groups is 2. The van der Waals surface area contributed by atoms with Crippen LogP contribution in [-0.4, -0.2) is 35.0 Å².